The molecule has 4 aliphatic rings. The van der Waals surface area contributed by atoms with E-state index in [9.17, 15) is 39.0 Å². The Balaban J connectivity index is 1.11. The minimum absolute atomic E-state index is 0.00820. The standard InChI is InChI=1S/C51H78BN7O10/c1-9-10-13-33-15-17-34(18-16-33)35-19-21-36(22-20-35)46(64)54-25-23-43(62)56-38(14-11-12-24-53)47(65)59-44(32(5)61)49(67)55-31(4)45(63)57-39(26-30(2)3)48(66)58-42(29-60)52-68-41-28-37-27-40(50(37,6)7)51(41,8)69-52/h15-22,30-32,37-42,44,60-61H,9-14,23-29,53H2,1-8H3,(H,54,64)(H,55,67)(H,56,62)(H,57,63)(H,58,66)(H,59,65)/t31-,32+,37-,38-,39-,40-,41?,42-,44-,51-/m0/s1. The van der Waals surface area contributed by atoms with Crippen LogP contribution in [-0.4, -0.2) is 120 Å². The first-order valence-corrected chi connectivity index (χ1v) is 25.0. The summed E-state index contributed by atoms with van der Waals surface area (Å²) in [6.45, 7) is 15.1. The van der Waals surface area contributed by atoms with Crippen molar-refractivity contribution in [3.63, 3.8) is 0 Å². The lowest BCUT2D eigenvalue weighted by Crippen LogP contribution is -2.65. The highest BCUT2D eigenvalue weighted by Crippen LogP contribution is 2.65. The number of aliphatic hydroxyl groups excluding tert-OH is 2. The van der Waals surface area contributed by atoms with Crippen LogP contribution in [0.1, 0.15) is 129 Å². The van der Waals surface area contributed by atoms with Gasteiger partial charge in [0.15, 0.2) is 0 Å². The van der Waals surface area contributed by atoms with E-state index >= 15 is 0 Å². The van der Waals surface area contributed by atoms with Gasteiger partial charge >= 0.3 is 7.12 Å². The molecule has 1 saturated heterocycles. The third-order valence-corrected chi connectivity index (χ3v) is 14.5. The zero-order valence-electron chi connectivity index (χ0n) is 41.9. The third kappa shape index (κ3) is 14.1. The van der Waals surface area contributed by atoms with Crippen molar-refractivity contribution in [1.29, 1.82) is 0 Å². The van der Waals surface area contributed by atoms with Crippen molar-refractivity contribution >= 4 is 42.6 Å². The summed E-state index contributed by atoms with van der Waals surface area (Å²) in [5.74, 6) is -3.90. The van der Waals surface area contributed by atoms with Crippen molar-refractivity contribution in [1.82, 2.24) is 31.9 Å². The molecule has 1 aliphatic heterocycles. The molecule has 6 rings (SSSR count). The molecule has 2 aromatic rings. The van der Waals surface area contributed by atoms with Crippen LogP contribution in [0.4, 0.5) is 0 Å². The quantitative estimate of drug-likeness (QED) is 0.0489. The van der Waals surface area contributed by atoms with Crippen LogP contribution in [0.2, 0.25) is 0 Å². The van der Waals surface area contributed by atoms with E-state index in [0.29, 0.717) is 30.9 Å². The third-order valence-electron chi connectivity index (χ3n) is 14.5. The molecule has 1 unspecified atom stereocenters. The number of carbonyl (C=O) groups is 6. The van der Waals surface area contributed by atoms with E-state index < -0.39 is 85.1 Å². The average Bonchev–Trinajstić information content (AvgIpc) is 3.68. The molecule has 2 bridgehead atoms. The van der Waals surface area contributed by atoms with Crippen LogP contribution in [0.25, 0.3) is 11.1 Å². The van der Waals surface area contributed by atoms with Crippen molar-refractivity contribution in [2.45, 2.75) is 168 Å². The average molecular weight is 960 g/mol. The summed E-state index contributed by atoms with van der Waals surface area (Å²) < 4.78 is 12.8. The summed E-state index contributed by atoms with van der Waals surface area (Å²) in [6.07, 6.45) is 4.91. The van der Waals surface area contributed by atoms with E-state index in [1.807, 2.05) is 32.9 Å². The number of rotatable bonds is 26. The maximum Gasteiger partial charge on any atom is 0.484 e. The fourth-order valence-electron chi connectivity index (χ4n) is 10.1. The van der Waals surface area contributed by atoms with Crippen LogP contribution >= 0.6 is 0 Å². The normalized spacial score (nSPS) is 22.7. The topological polar surface area (TPSA) is 260 Å². The van der Waals surface area contributed by atoms with E-state index in [2.05, 4.69) is 76.9 Å². The predicted molar refractivity (Wildman–Crippen MR) is 264 cm³/mol. The van der Waals surface area contributed by atoms with Gasteiger partial charge in [0.25, 0.3) is 5.91 Å². The lowest BCUT2D eigenvalue weighted by Gasteiger charge is -2.64. The van der Waals surface area contributed by atoms with Crippen molar-refractivity contribution < 1.29 is 48.3 Å². The largest absolute Gasteiger partial charge is 0.484 e. The zero-order chi connectivity index (χ0) is 50.6. The molecule has 0 radical (unpaired) electrons. The molecule has 3 aliphatic carbocycles. The summed E-state index contributed by atoms with van der Waals surface area (Å²) in [4.78, 5) is 80.6. The summed E-state index contributed by atoms with van der Waals surface area (Å²) in [7, 11) is -0.884. The molecule has 10 atom stereocenters. The number of unbranched alkanes of at least 4 members (excludes halogenated alkanes) is 2. The number of nitrogens with two attached hydrogens (primary N) is 1. The first-order chi connectivity index (χ1) is 32.7. The van der Waals surface area contributed by atoms with Gasteiger partial charge in [-0.25, -0.2) is 0 Å². The SMILES string of the molecule is CCCCc1ccc(-c2ccc(C(=O)NCCC(=O)N[C@@H](CCCCN)C(=O)N[C@H](C(=O)N[C@@H](C)C(=O)N[C@@H](CC(C)C)C(=O)N[C@@H](CO)B3OC4C[C@@H]5C[C@@H](C5(C)C)[C@]4(C)O3)[C@@H](C)O)cc2)cc1. The molecular weight excluding hydrogens is 881 g/mol. The number of hydrogen-bond acceptors (Lipinski definition) is 11. The fourth-order valence-corrected chi connectivity index (χ4v) is 10.1. The lowest BCUT2D eigenvalue weighted by atomic mass is 9.43. The molecule has 18 heteroatoms. The first kappa shape index (κ1) is 55.1. The summed E-state index contributed by atoms with van der Waals surface area (Å²) in [5.41, 5.74) is 8.97. The number of aliphatic hydroxyl groups is 2. The van der Waals surface area contributed by atoms with Gasteiger partial charge in [-0.3, -0.25) is 28.8 Å². The van der Waals surface area contributed by atoms with Gasteiger partial charge in [-0.1, -0.05) is 77.4 Å². The van der Waals surface area contributed by atoms with Crippen LogP contribution in [0.15, 0.2) is 48.5 Å². The van der Waals surface area contributed by atoms with Gasteiger partial charge in [-0.05, 0) is 131 Å². The molecule has 0 aromatic heterocycles. The molecule has 380 valence electrons. The van der Waals surface area contributed by atoms with Gasteiger partial charge in [-0.15, -0.1) is 0 Å². The van der Waals surface area contributed by atoms with Crippen LogP contribution < -0.4 is 37.6 Å². The van der Waals surface area contributed by atoms with Crippen LogP contribution in [0.3, 0.4) is 0 Å². The molecular formula is C51H78BN7O10. The Morgan fingerprint density at radius 3 is 2.04 bits per heavy atom. The van der Waals surface area contributed by atoms with E-state index in [0.717, 1.165) is 43.2 Å². The first-order valence-electron chi connectivity index (χ1n) is 25.0. The Hall–Kier alpha value is -4.88. The van der Waals surface area contributed by atoms with Crippen molar-refractivity contribution in [2.24, 2.45) is 28.9 Å². The number of amides is 6. The Labute approximate surface area is 408 Å². The number of aryl methyl sites for hydroxylation is 1. The second kappa shape index (κ2) is 24.8. The number of benzene rings is 2. The fraction of sp³-hybridized carbons (Fsp3) is 0.647. The van der Waals surface area contributed by atoms with Crippen LogP contribution in [-0.2, 0) is 39.7 Å². The zero-order valence-corrected chi connectivity index (χ0v) is 41.9. The van der Waals surface area contributed by atoms with Gasteiger partial charge in [0, 0.05) is 18.5 Å². The molecule has 17 nitrogen and oxygen atoms in total. The number of carbonyl (C=O) groups excluding carboxylic acids is 6. The number of nitrogens with one attached hydrogen (secondary N) is 6. The Bertz CT molecular complexity index is 2070. The van der Waals surface area contributed by atoms with Crippen LogP contribution in [0.5, 0.6) is 0 Å². The molecule has 4 fully saturated rings. The van der Waals surface area contributed by atoms with E-state index in [1.54, 1.807) is 12.1 Å². The minimum Gasteiger partial charge on any atom is -0.404 e. The van der Waals surface area contributed by atoms with Gasteiger partial charge in [0.2, 0.25) is 29.5 Å². The monoisotopic (exact) mass is 960 g/mol. The number of hydrogen-bond donors (Lipinski definition) is 9. The van der Waals surface area contributed by atoms with Crippen molar-refractivity contribution in [3.8, 4) is 11.1 Å². The summed E-state index contributed by atoms with van der Waals surface area (Å²) in [5, 5.41) is 37.1. The van der Waals surface area contributed by atoms with Crippen molar-refractivity contribution in [2.75, 3.05) is 19.7 Å². The Morgan fingerprint density at radius 1 is 0.797 bits per heavy atom. The van der Waals surface area contributed by atoms with Crippen LogP contribution in [0, 0.1) is 23.2 Å². The molecule has 0 spiro atoms. The maximum absolute atomic E-state index is 13.8. The van der Waals surface area contributed by atoms with Gasteiger partial charge in [0.05, 0.1) is 30.4 Å². The second-order valence-electron chi connectivity index (χ2n) is 20.6. The Morgan fingerprint density at radius 2 is 1.45 bits per heavy atom. The van der Waals surface area contributed by atoms with Gasteiger partial charge in [0.1, 0.15) is 24.2 Å². The molecule has 10 N–H and O–H groups in total. The highest BCUT2D eigenvalue weighted by atomic mass is 16.7. The van der Waals surface area contributed by atoms with E-state index in [1.165, 1.54) is 19.4 Å². The maximum atomic E-state index is 13.8. The highest BCUT2D eigenvalue weighted by molar-refractivity contribution is 6.48. The minimum atomic E-state index is -1.52. The highest BCUT2D eigenvalue weighted by Gasteiger charge is 2.68. The molecule has 1 heterocycles. The predicted octanol–water partition coefficient (Wildman–Crippen LogP) is 3.08. The summed E-state index contributed by atoms with van der Waals surface area (Å²) in [6, 6.07) is 10.7. The van der Waals surface area contributed by atoms with Crippen molar-refractivity contribution in [3.05, 3.63) is 59.7 Å². The molecule has 2 aromatic carbocycles. The van der Waals surface area contributed by atoms with E-state index in [-0.39, 0.29) is 55.1 Å². The van der Waals surface area contributed by atoms with Gasteiger partial charge < -0.3 is 57.2 Å². The van der Waals surface area contributed by atoms with Gasteiger partial charge in [-0.2, -0.15) is 0 Å². The molecule has 69 heavy (non-hydrogen) atoms. The van der Waals surface area contributed by atoms with E-state index in [4.69, 9.17) is 15.0 Å². The summed E-state index contributed by atoms with van der Waals surface area (Å²) >= 11 is 0. The lowest BCUT2D eigenvalue weighted by molar-refractivity contribution is -0.199. The molecule has 6 amide bonds. The Kier molecular flexibility index (Phi) is 19.8. The smallest absolute Gasteiger partial charge is 0.404 e. The second-order valence-corrected chi connectivity index (χ2v) is 20.6. The molecule has 3 saturated carbocycles.